The first kappa shape index (κ1) is 23.5. The van der Waals surface area contributed by atoms with Crippen molar-refractivity contribution in [1.29, 1.82) is 0 Å². The van der Waals surface area contributed by atoms with Gasteiger partial charge in [0.1, 0.15) is 0 Å². The zero-order valence-electron chi connectivity index (χ0n) is 14.7. The monoisotopic (exact) mass is 469 g/mol. The molecule has 3 aliphatic rings. The molecule has 27 heavy (non-hydrogen) atoms. The molecule has 0 spiro atoms. The van der Waals surface area contributed by atoms with Gasteiger partial charge in [0.2, 0.25) is 0 Å². The second-order valence-corrected chi connectivity index (χ2v) is 5.89. The van der Waals surface area contributed by atoms with E-state index in [9.17, 15) is 0 Å². The Kier molecular flexibility index (Phi) is 9.32. The van der Waals surface area contributed by atoms with E-state index in [1.54, 1.807) is 0 Å². The summed E-state index contributed by atoms with van der Waals surface area (Å²) in [4.78, 5) is 8.65. The van der Waals surface area contributed by atoms with Crippen molar-refractivity contribution in [1.82, 2.24) is 4.98 Å². The molecule has 2 aliphatic carbocycles. The minimum atomic E-state index is 0. The zero-order valence-corrected chi connectivity index (χ0v) is 18.7. The number of halogens is 2. The maximum Gasteiger partial charge on any atom is 3.00 e. The molecule has 133 valence electrons. The van der Waals surface area contributed by atoms with Gasteiger partial charge >= 0.3 is 26.2 Å². The minimum absolute atomic E-state index is 0. The Hall–Kier alpha value is -1.54. The summed E-state index contributed by atoms with van der Waals surface area (Å²) >= 11 is 0. The number of aromatic nitrogens is 1. The quantitative estimate of drug-likeness (QED) is 0.485. The second-order valence-electron chi connectivity index (χ2n) is 5.89. The Morgan fingerprint density at radius 3 is 2.52 bits per heavy atom. The number of benzene rings is 1. The number of hydrogen-bond acceptors (Lipinski definition) is 2. The van der Waals surface area contributed by atoms with Gasteiger partial charge in [-0.2, -0.15) is 5.56 Å². The van der Waals surface area contributed by atoms with Crippen LogP contribution in [0.5, 0.6) is 0 Å². The molecule has 0 fully saturated rings. The van der Waals surface area contributed by atoms with Crippen LogP contribution in [0, 0.1) is 6.08 Å². The Bertz CT molecular complexity index is 928. The Morgan fingerprint density at radius 2 is 1.78 bits per heavy atom. The molecule has 1 atom stereocenters. The maximum atomic E-state index is 4.38. The zero-order chi connectivity index (χ0) is 16.4. The van der Waals surface area contributed by atoms with Gasteiger partial charge in [-0.15, -0.1) is 11.6 Å². The van der Waals surface area contributed by atoms with Gasteiger partial charge in [0, 0.05) is 23.2 Å². The van der Waals surface area contributed by atoms with Gasteiger partial charge in [-0.1, -0.05) is 36.4 Å². The Balaban J connectivity index is 0.000000266. The van der Waals surface area contributed by atoms with Crippen LogP contribution in [0.2, 0.25) is 0 Å². The van der Waals surface area contributed by atoms with Crippen molar-refractivity contribution in [3.8, 4) is 0 Å². The normalized spacial score (nSPS) is 16.9. The molecule has 2 heterocycles. The van der Waals surface area contributed by atoms with Crippen molar-refractivity contribution in [3.05, 3.63) is 107 Å². The van der Waals surface area contributed by atoms with Crippen molar-refractivity contribution in [2.45, 2.75) is 12.8 Å². The SMILES string of the molecule is CC1=NC2=CC=CC2=C1.[C-]1=Cc2ccccc2C1c1ccccn1.[Cl-].[Cl-].[Zr+3]. The third-order valence-electron chi connectivity index (χ3n) is 4.18. The van der Waals surface area contributed by atoms with Crippen LogP contribution in [0.25, 0.3) is 6.08 Å². The summed E-state index contributed by atoms with van der Waals surface area (Å²) in [5, 5.41) is 0. The molecule has 0 amide bonds. The number of nitrogens with zero attached hydrogens (tertiary/aromatic N) is 2. The molecule has 0 N–H and O–H groups in total. The Morgan fingerprint density at radius 1 is 1.00 bits per heavy atom. The van der Waals surface area contributed by atoms with E-state index in [4.69, 9.17) is 0 Å². The predicted molar refractivity (Wildman–Crippen MR) is 98.6 cm³/mol. The number of allylic oxidation sites excluding steroid dienone is 5. The maximum absolute atomic E-state index is 4.38. The number of rotatable bonds is 1. The van der Waals surface area contributed by atoms with Gasteiger partial charge in [-0.3, -0.25) is 16.1 Å². The van der Waals surface area contributed by atoms with Gasteiger partial charge < -0.3 is 24.8 Å². The van der Waals surface area contributed by atoms with E-state index in [0.717, 1.165) is 17.1 Å². The van der Waals surface area contributed by atoms with E-state index in [0.29, 0.717) is 0 Å². The van der Waals surface area contributed by atoms with Gasteiger partial charge in [0.25, 0.3) is 0 Å². The average Bonchev–Trinajstić information content (AvgIpc) is 3.30. The van der Waals surface area contributed by atoms with E-state index >= 15 is 0 Å². The largest absolute Gasteiger partial charge is 3.00 e. The fourth-order valence-electron chi connectivity index (χ4n) is 3.06. The number of aliphatic imine (C=N–C) groups is 1. The summed E-state index contributed by atoms with van der Waals surface area (Å²) in [6.07, 6.45) is 15.5. The van der Waals surface area contributed by atoms with Crippen LogP contribution >= 0.6 is 0 Å². The van der Waals surface area contributed by atoms with Crippen LogP contribution < -0.4 is 24.8 Å². The molecule has 1 aromatic carbocycles. The molecular weight excluding hydrogens is 454 g/mol. The third kappa shape index (κ3) is 5.26. The predicted octanol–water partition coefficient (Wildman–Crippen LogP) is -1.11. The fraction of sp³-hybridized carbons (Fsp3) is 0.0909. The van der Waals surface area contributed by atoms with E-state index < -0.39 is 0 Å². The first-order valence-corrected chi connectivity index (χ1v) is 8.06. The van der Waals surface area contributed by atoms with Gasteiger partial charge in [-0.05, 0) is 37.1 Å². The minimum Gasteiger partial charge on any atom is -1.00 e. The summed E-state index contributed by atoms with van der Waals surface area (Å²) in [6.45, 7) is 2.01. The van der Waals surface area contributed by atoms with Crippen molar-refractivity contribution < 1.29 is 51.0 Å². The first-order chi connectivity index (χ1) is 11.8. The molecule has 2 nitrogen and oxygen atoms in total. The number of fused-ring (bicyclic) bond motifs is 2. The molecule has 1 aliphatic heterocycles. The summed E-state index contributed by atoms with van der Waals surface area (Å²) in [7, 11) is 0. The van der Waals surface area contributed by atoms with Crippen LogP contribution in [0.15, 0.2) is 89.2 Å². The van der Waals surface area contributed by atoms with E-state index in [2.05, 4.69) is 58.5 Å². The van der Waals surface area contributed by atoms with Crippen LogP contribution in [-0.2, 0) is 26.2 Å². The van der Waals surface area contributed by atoms with Gasteiger partial charge in [-0.25, -0.2) is 6.08 Å². The average molecular weight is 472 g/mol. The molecule has 1 unspecified atom stereocenters. The molecule has 1 aromatic heterocycles. The van der Waals surface area contributed by atoms with Crippen molar-refractivity contribution in [2.24, 2.45) is 4.99 Å². The van der Waals surface area contributed by atoms with Crippen molar-refractivity contribution in [2.75, 3.05) is 0 Å². The van der Waals surface area contributed by atoms with Crippen LogP contribution in [0.3, 0.4) is 0 Å². The Labute approximate surface area is 191 Å². The van der Waals surface area contributed by atoms with E-state index in [1.807, 2.05) is 43.5 Å². The van der Waals surface area contributed by atoms with Gasteiger partial charge in [0.15, 0.2) is 0 Å². The molecular formula is C22H17Cl2N2Zr. The third-order valence-corrected chi connectivity index (χ3v) is 4.18. The topological polar surface area (TPSA) is 25.2 Å². The van der Waals surface area contributed by atoms with Gasteiger partial charge in [0.05, 0.1) is 5.70 Å². The molecule has 0 saturated heterocycles. The smallest absolute Gasteiger partial charge is 1.00 e. The van der Waals surface area contributed by atoms with E-state index in [-0.39, 0.29) is 56.9 Å². The summed E-state index contributed by atoms with van der Waals surface area (Å²) < 4.78 is 0. The summed E-state index contributed by atoms with van der Waals surface area (Å²) in [5.74, 6) is 0.211. The molecule has 0 saturated carbocycles. The first-order valence-electron chi connectivity index (χ1n) is 8.06. The summed E-state index contributed by atoms with van der Waals surface area (Å²) in [5.41, 5.74) is 7.11. The van der Waals surface area contributed by atoms with E-state index in [1.165, 1.54) is 16.7 Å². The summed E-state index contributed by atoms with van der Waals surface area (Å²) in [6, 6.07) is 14.4. The van der Waals surface area contributed by atoms with Crippen LogP contribution in [0.1, 0.15) is 29.7 Å². The molecule has 0 bridgehead atoms. The number of hydrogen-bond donors (Lipinski definition) is 0. The molecule has 2 aromatic rings. The van der Waals surface area contributed by atoms with Crippen molar-refractivity contribution in [3.63, 3.8) is 0 Å². The molecule has 1 radical (unpaired) electrons. The van der Waals surface area contributed by atoms with Crippen LogP contribution in [-0.4, -0.2) is 10.7 Å². The standard InChI is InChI=1S/C14H10N.C8H7N.2ClH.Zr/c1-2-6-12-11(5-1)8-9-13(12)14-7-3-4-10-15-14;1-6-5-7-3-2-4-8(7)9-6;;;/h1-8,10,13H;2-5H,1H3;2*1H;/q-1;;;;+3/p-2. The van der Waals surface area contributed by atoms with Crippen LogP contribution in [0.4, 0.5) is 0 Å². The second kappa shape index (κ2) is 10.7. The molecule has 5 rings (SSSR count). The fourth-order valence-corrected chi connectivity index (χ4v) is 3.06. The number of pyridine rings is 1. The van der Waals surface area contributed by atoms with Crippen molar-refractivity contribution >= 4 is 11.8 Å². The molecule has 5 heteroatoms.